The second-order valence-electron chi connectivity index (χ2n) is 4.97. The third-order valence-electron chi connectivity index (χ3n) is 2.64. The van der Waals surface area contributed by atoms with Crippen LogP contribution in [-0.2, 0) is 5.41 Å². The molecule has 84 valence electrons. The van der Waals surface area contributed by atoms with E-state index in [9.17, 15) is 0 Å². The molecule has 0 saturated heterocycles. The predicted molar refractivity (Wildman–Crippen MR) is 68.3 cm³/mol. The van der Waals surface area contributed by atoms with Crippen LogP contribution in [0.5, 0.6) is 0 Å². The summed E-state index contributed by atoms with van der Waals surface area (Å²) in [6.45, 7) is 6.43. The molecule has 0 unspecified atom stereocenters. The van der Waals surface area contributed by atoms with E-state index >= 15 is 0 Å². The van der Waals surface area contributed by atoms with Crippen LogP contribution in [0, 0.1) is 0 Å². The minimum atomic E-state index is 0.0234. The fourth-order valence-electron chi connectivity index (χ4n) is 1.68. The van der Waals surface area contributed by atoms with Gasteiger partial charge in [-0.05, 0) is 12.1 Å². The number of rotatable bonds is 1. The zero-order chi connectivity index (χ0) is 11.8. The van der Waals surface area contributed by atoms with Gasteiger partial charge in [-0.3, -0.25) is 10.8 Å². The van der Waals surface area contributed by atoms with Crippen LogP contribution in [0.15, 0.2) is 30.3 Å². The van der Waals surface area contributed by atoms with Crippen molar-refractivity contribution in [1.29, 1.82) is 0 Å². The van der Waals surface area contributed by atoms with Crippen LogP contribution in [0.3, 0.4) is 0 Å². The van der Waals surface area contributed by atoms with Gasteiger partial charge < -0.3 is 5.43 Å². The van der Waals surface area contributed by atoms with Crippen LogP contribution >= 0.6 is 0 Å². The topological polar surface area (TPSA) is 50.9 Å². The maximum atomic E-state index is 5.55. The summed E-state index contributed by atoms with van der Waals surface area (Å²) in [6.07, 6.45) is 0. The first-order chi connectivity index (χ1) is 7.52. The summed E-state index contributed by atoms with van der Waals surface area (Å²) in [5, 5.41) is 1.05. The molecule has 0 atom stereocenters. The van der Waals surface area contributed by atoms with E-state index in [4.69, 9.17) is 5.84 Å². The zero-order valence-corrected chi connectivity index (χ0v) is 9.91. The van der Waals surface area contributed by atoms with Crippen LogP contribution in [0.4, 0.5) is 5.69 Å². The molecule has 2 aromatic rings. The third kappa shape index (κ3) is 1.86. The lowest BCUT2D eigenvalue weighted by Gasteiger charge is -2.19. The first kappa shape index (κ1) is 10.9. The molecule has 3 heteroatoms. The number of benzene rings is 1. The van der Waals surface area contributed by atoms with E-state index < -0.39 is 0 Å². The Bertz CT molecular complexity index is 512. The van der Waals surface area contributed by atoms with Crippen molar-refractivity contribution in [2.75, 3.05) is 5.43 Å². The molecule has 0 saturated carbocycles. The molecular weight excluding hydrogens is 198 g/mol. The molecule has 1 heterocycles. The van der Waals surface area contributed by atoms with Crippen molar-refractivity contribution in [1.82, 2.24) is 4.98 Å². The van der Waals surface area contributed by atoms with Crippen molar-refractivity contribution >= 4 is 16.6 Å². The highest BCUT2D eigenvalue weighted by atomic mass is 15.2. The Morgan fingerprint density at radius 2 is 1.88 bits per heavy atom. The molecule has 3 nitrogen and oxygen atoms in total. The highest BCUT2D eigenvalue weighted by molar-refractivity contribution is 5.91. The number of hydrogen-bond acceptors (Lipinski definition) is 3. The van der Waals surface area contributed by atoms with Crippen LogP contribution in [0.25, 0.3) is 10.9 Å². The number of pyridine rings is 1. The normalized spacial score (nSPS) is 11.8. The fraction of sp³-hybridized carbons (Fsp3) is 0.308. The van der Waals surface area contributed by atoms with Gasteiger partial charge in [0.25, 0.3) is 0 Å². The monoisotopic (exact) mass is 215 g/mol. The Labute approximate surface area is 95.7 Å². The molecule has 0 aliphatic heterocycles. The van der Waals surface area contributed by atoms with Gasteiger partial charge in [-0.1, -0.05) is 39.0 Å². The smallest absolute Gasteiger partial charge is 0.0726 e. The second kappa shape index (κ2) is 3.76. The average Bonchev–Trinajstić information content (AvgIpc) is 2.26. The molecule has 0 amide bonds. The predicted octanol–water partition coefficient (Wildman–Crippen LogP) is 2.82. The number of nitrogens with two attached hydrogens (primary N) is 1. The van der Waals surface area contributed by atoms with Crippen LogP contribution in [0.1, 0.15) is 26.5 Å². The Balaban J connectivity index is 2.73. The van der Waals surface area contributed by atoms with Gasteiger partial charge in [0.15, 0.2) is 0 Å². The van der Waals surface area contributed by atoms with E-state index in [0.717, 1.165) is 22.3 Å². The summed E-state index contributed by atoms with van der Waals surface area (Å²) in [5.41, 5.74) is 5.71. The van der Waals surface area contributed by atoms with Crippen molar-refractivity contribution in [3.05, 3.63) is 36.0 Å². The standard InChI is InChI=1S/C13H17N3/c1-13(2,3)12-8-11(16-14)9-6-4-5-7-10(9)15-12/h4-8H,14H2,1-3H3,(H,15,16). The van der Waals surface area contributed by atoms with Crippen molar-refractivity contribution in [3.63, 3.8) is 0 Å². The summed E-state index contributed by atoms with van der Waals surface area (Å²) in [6, 6.07) is 10.0. The Kier molecular flexibility index (Phi) is 2.56. The maximum absolute atomic E-state index is 5.55. The molecule has 0 fully saturated rings. The number of nitrogens with zero attached hydrogens (tertiary/aromatic N) is 1. The van der Waals surface area contributed by atoms with Crippen LogP contribution < -0.4 is 11.3 Å². The number of hydrazine groups is 1. The van der Waals surface area contributed by atoms with Gasteiger partial charge in [0.2, 0.25) is 0 Å². The van der Waals surface area contributed by atoms with E-state index in [-0.39, 0.29) is 5.41 Å². The van der Waals surface area contributed by atoms with Crippen molar-refractivity contribution in [2.24, 2.45) is 5.84 Å². The van der Waals surface area contributed by atoms with Gasteiger partial charge in [0.05, 0.1) is 11.2 Å². The molecular formula is C13H17N3. The Morgan fingerprint density at radius 3 is 2.50 bits per heavy atom. The van der Waals surface area contributed by atoms with Gasteiger partial charge in [0, 0.05) is 16.5 Å². The minimum Gasteiger partial charge on any atom is -0.323 e. The number of para-hydroxylation sites is 1. The zero-order valence-electron chi connectivity index (χ0n) is 9.91. The van der Waals surface area contributed by atoms with Gasteiger partial charge in [-0.15, -0.1) is 0 Å². The number of aromatic nitrogens is 1. The molecule has 3 N–H and O–H groups in total. The molecule has 0 aliphatic carbocycles. The van der Waals surface area contributed by atoms with Crippen molar-refractivity contribution < 1.29 is 0 Å². The van der Waals surface area contributed by atoms with E-state index in [2.05, 4.69) is 31.2 Å². The fourth-order valence-corrected chi connectivity index (χ4v) is 1.68. The van der Waals surface area contributed by atoms with Gasteiger partial charge in [0.1, 0.15) is 0 Å². The molecule has 1 aromatic carbocycles. The van der Waals surface area contributed by atoms with Crippen LogP contribution in [0.2, 0.25) is 0 Å². The molecule has 0 radical (unpaired) electrons. The van der Waals surface area contributed by atoms with Crippen molar-refractivity contribution in [3.8, 4) is 0 Å². The lowest BCUT2D eigenvalue weighted by atomic mass is 9.91. The van der Waals surface area contributed by atoms with Gasteiger partial charge >= 0.3 is 0 Å². The lowest BCUT2D eigenvalue weighted by Crippen LogP contribution is -2.15. The molecule has 2 rings (SSSR count). The maximum Gasteiger partial charge on any atom is 0.0726 e. The number of anilines is 1. The Morgan fingerprint density at radius 1 is 1.19 bits per heavy atom. The molecule has 16 heavy (non-hydrogen) atoms. The minimum absolute atomic E-state index is 0.0234. The largest absolute Gasteiger partial charge is 0.323 e. The summed E-state index contributed by atoms with van der Waals surface area (Å²) >= 11 is 0. The van der Waals surface area contributed by atoms with Gasteiger partial charge in [-0.2, -0.15) is 0 Å². The van der Waals surface area contributed by atoms with E-state index in [1.807, 2.05) is 30.3 Å². The highest BCUT2D eigenvalue weighted by Crippen LogP contribution is 2.28. The highest BCUT2D eigenvalue weighted by Gasteiger charge is 2.17. The molecule has 0 spiro atoms. The molecule has 0 aliphatic rings. The quantitative estimate of drug-likeness (QED) is 0.568. The van der Waals surface area contributed by atoms with Gasteiger partial charge in [-0.25, -0.2) is 0 Å². The van der Waals surface area contributed by atoms with Crippen molar-refractivity contribution in [2.45, 2.75) is 26.2 Å². The number of fused-ring (bicyclic) bond motifs is 1. The lowest BCUT2D eigenvalue weighted by molar-refractivity contribution is 0.572. The van der Waals surface area contributed by atoms with E-state index in [1.165, 1.54) is 0 Å². The summed E-state index contributed by atoms with van der Waals surface area (Å²) in [4.78, 5) is 4.66. The average molecular weight is 215 g/mol. The number of nitrogens with one attached hydrogen (secondary N) is 1. The Hall–Kier alpha value is -1.61. The van der Waals surface area contributed by atoms with Crippen LogP contribution in [-0.4, -0.2) is 4.98 Å². The number of hydrogen-bond donors (Lipinski definition) is 2. The number of nitrogen functional groups attached to an aromatic ring is 1. The summed E-state index contributed by atoms with van der Waals surface area (Å²) < 4.78 is 0. The second-order valence-corrected chi connectivity index (χ2v) is 4.97. The molecule has 0 bridgehead atoms. The third-order valence-corrected chi connectivity index (χ3v) is 2.64. The SMILES string of the molecule is CC(C)(C)c1cc(NN)c2ccccc2n1. The molecule has 1 aromatic heterocycles. The first-order valence-electron chi connectivity index (χ1n) is 5.39. The summed E-state index contributed by atoms with van der Waals surface area (Å²) in [7, 11) is 0. The first-order valence-corrected chi connectivity index (χ1v) is 5.39. The van der Waals surface area contributed by atoms with E-state index in [1.54, 1.807) is 0 Å². The summed E-state index contributed by atoms with van der Waals surface area (Å²) in [5.74, 6) is 5.55. The van der Waals surface area contributed by atoms with E-state index in [0.29, 0.717) is 0 Å².